The van der Waals surface area contributed by atoms with Crippen molar-refractivity contribution in [1.29, 1.82) is 0 Å². The Morgan fingerprint density at radius 1 is 1.12 bits per heavy atom. The molecular weight excluding hydrogens is 327 g/mol. The maximum Gasteiger partial charge on any atom is 0.123 e. The van der Waals surface area contributed by atoms with Gasteiger partial charge in [0.05, 0.1) is 6.04 Å². The summed E-state index contributed by atoms with van der Waals surface area (Å²) in [6.07, 6.45) is 8.30. The van der Waals surface area contributed by atoms with E-state index in [2.05, 4.69) is 46.0 Å². The molecular formula is C21H23FN4. The number of likely N-dealkylation sites (tertiary alicyclic amines) is 1. The summed E-state index contributed by atoms with van der Waals surface area (Å²) in [7, 11) is 2.13. The zero-order chi connectivity index (χ0) is 18.1. The fourth-order valence-electron chi connectivity index (χ4n) is 4.30. The molecule has 26 heavy (non-hydrogen) atoms. The van der Waals surface area contributed by atoms with Crippen molar-refractivity contribution in [2.24, 2.45) is 0 Å². The van der Waals surface area contributed by atoms with Gasteiger partial charge in [0.1, 0.15) is 11.6 Å². The van der Waals surface area contributed by atoms with Crippen LogP contribution >= 0.6 is 0 Å². The number of halogens is 1. The summed E-state index contributed by atoms with van der Waals surface area (Å²) >= 11 is 0. The van der Waals surface area contributed by atoms with E-state index < -0.39 is 0 Å². The Hall–Kier alpha value is -2.53. The molecule has 1 saturated heterocycles. The van der Waals surface area contributed by atoms with E-state index in [1.807, 2.05) is 30.7 Å². The third kappa shape index (κ3) is 2.92. The number of rotatable bonds is 3. The van der Waals surface area contributed by atoms with Gasteiger partial charge < -0.3 is 4.98 Å². The van der Waals surface area contributed by atoms with Crippen LogP contribution in [0.1, 0.15) is 42.3 Å². The van der Waals surface area contributed by atoms with Gasteiger partial charge in [-0.05, 0) is 48.9 Å². The Bertz CT molecular complexity index is 847. The normalized spacial score (nSPS) is 26.7. The van der Waals surface area contributed by atoms with E-state index in [1.54, 1.807) is 18.3 Å². The smallest absolute Gasteiger partial charge is 0.123 e. The van der Waals surface area contributed by atoms with Crippen LogP contribution in [-0.4, -0.2) is 33.4 Å². The Kier molecular flexibility index (Phi) is 4.32. The van der Waals surface area contributed by atoms with Crippen LogP contribution in [0.5, 0.6) is 0 Å². The lowest BCUT2D eigenvalue weighted by molar-refractivity contribution is 0.0978. The number of nitrogens with zero attached hydrogens (tertiary/aromatic N) is 3. The average molecular weight is 350 g/mol. The third-order valence-corrected chi connectivity index (χ3v) is 5.84. The summed E-state index contributed by atoms with van der Waals surface area (Å²) in [5, 5.41) is 0. The lowest BCUT2D eigenvalue weighted by Gasteiger charge is -2.49. The second-order valence-electron chi connectivity index (χ2n) is 7.39. The number of hydrogen-bond acceptors (Lipinski definition) is 3. The van der Waals surface area contributed by atoms with Gasteiger partial charge in [-0.25, -0.2) is 9.37 Å². The van der Waals surface area contributed by atoms with Crippen molar-refractivity contribution in [3.05, 3.63) is 84.0 Å². The van der Waals surface area contributed by atoms with Crippen molar-refractivity contribution in [2.45, 2.75) is 30.7 Å². The number of aromatic amines is 1. The van der Waals surface area contributed by atoms with E-state index >= 15 is 0 Å². The van der Waals surface area contributed by atoms with Gasteiger partial charge in [-0.3, -0.25) is 9.88 Å². The number of H-pyrrole nitrogens is 1. The quantitative estimate of drug-likeness (QED) is 0.775. The summed E-state index contributed by atoms with van der Waals surface area (Å²) in [6.45, 7) is 3.18. The van der Waals surface area contributed by atoms with Gasteiger partial charge in [0.15, 0.2) is 0 Å². The Labute approximate surface area is 153 Å². The minimum atomic E-state index is -0.197. The van der Waals surface area contributed by atoms with Gasteiger partial charge in [-0.2, -0.15) is 0 Å². The van der Waals surface area contributed by atoms with Gasteiger partial charge in [0, 0.05) is 42.7 Å². The molecule has 4 rings (SSSR count). The van der Waals surface area contributed by atoms with Gasteiger partial charge in [0.2, 0.25) is 0 Å². The third-order valence-electron chi connectivity index (χ3n) is 5.84. The largest absolute Gasteiger partial charge is 0.347 e. The number of nitrogens with one attached hydrogen (secondary N) is 1. The van der Waals surface area contributed by atoms with Gasteiger partial charge in [-0.1, -0.05) is 19.1 Å². The first-order valence-electron chi connectivity index (χ1n) is 8.93. The van der Waals surface area contributed by atoms with Crippen LogP contribution in [0.3, 0.4) is 0 Å². The first-order chi connectivity index (χ1) is 12.6. The van der Waals surface area contributed by atoms with Crippen molar-refractivity contribution in [3.63, 3.8) is 0 Å². The summed E-state index contributed by atoms with van der Waals surface area (Å²) in [5.41, 5.74) is 2.31. The molecule has 0 saturated carbocycles. The Morgan fingerprint density at radius 3 is 2.50 bits per heavy atom. The fraction of sp³-hybridized carbons (Fsp3) is 0.333. The monoisotopic (exact) mass is 350 g/mol. The van der Waals surface area contributed by atoms with E-state index in [-0.39, 0.29) is 23.2 Å². The molecule has 1 fully saturated rings. The average Bonchev–Trinajstić information content (AvgIpc) is 3.19. The zero-order valence-electron chi connectivity index (χ0n) is 15.1. The Morgan fingerprint density at radius 2 is 1.85 bits per heavy atom. The fourth-order valence-corrected chi connectivity index (χ4v) is 4.30. The predicted molar refractivity (Wildman–Crippen MR) is 99.3 cm³/mol. The standard InChI is InChI=1S/C21H23FN4/c1-21(16-7-9-23-10-8-16)13-19(20-24-11-12-25-20)26(2)14-18(21)15-3-5-17(22)6-4-15/h3-12,18-19H,13-14H2,1-2H3,(H,24,25). The molecule has 3 atom stereocenters. The SMILES string of the molecule is CN1CC(c2ccc(F)cc2)C(C)(c2ccncc2)CC1c1ncc[nH]1. The van der Waals surface area contributed by atoms with Crippen molar-refractivity contribution in [3.8, 4) is 0 Å². The lowest BCUT2D eigenvalue weighted by atomic mass is 9.63. The number of pyridine rings is 1. The summed E-state index contributed by atoms with van der Waals surface area (Å²) < 4.78 is 13.5. The van der Waals surface area contributed by atoms with Crippen molar-refractivity contribution in [2.75, 3.05) is 13.6 Å². The highest BCUT2D eigenvalue weighted by Gasteiger charge is 2.45. The van der Waals surface area contributed by atoms with E-state index in [1.165, 1.54) is 5.56 Å². The predicted octanol–water partition coefficient (Wildman–Crippen LogP) is 4.06. The van der Waals surface area contributed by atoms with Gasteiger partial charge in [0.25, 0.3) is 0 Å². The van der Waals surface area contributed by atoms with E-state index in [4.69, 9.17) is 0 Å². The molecule has 0 spiro atoms. The molecule has 1 aromatic carbocycles. The van der Waals surface area contributed by atoms with Crippen LogP contribution < -0.4 is 0 Å². The molecule has 3 heterocycles. The molecule has 0 bridgehead atoms. The molecule has 3 unspecified atom stereocenters. The molecule has 5 heteroatoms. The zero-order valence-corrected chi connectivity index (χ0v) is 15.1. The van der Waals surface area contributed by atoms with Crippen LogP contribution in [0.25, 0.3) is 0 Å². The van der Waals surface area contributed by atoms with Gasteiger partial charge >= 0.3 is 0 Å². The molecule has 1 aliphatic rings. The maximum absolute atomic E-state index is 13.5. The van der Waals surface area contributed by atoms with Crippen LogP contribution in [-0.2, 0) is 5.41 Å². The molecule has 0 aliphatic carbocycles. The first-order valence-corrected chi connectivity index (χ1v) is 8.93. The number of imidazole rings is 1. The topological polar surface area (TPSA) is 44.8 Å². The lowest BCUT2D eigenvalue weighted by Crippen LogP contribution is -2.47. The van der Waals surface area contributed by atoms with Crippen LogP contribution in [0, 0.1) is 5.82 Å². The molecule has 3 aromatic rings. The highest BCUT2D eigenvalue weighted by molar-refractivity contribution is 5.35. The number of likely N-dealkylation sites (N-methyl/N-ethyl adjacent to an activating group) is 1. The molecule has 0 amide bonds. The highest BCUT2D eigenvalue weighted by Crippen LogP contribution is 2.50. The summed E-state index contributed by atoms with van der Waals surface area (Å²) in [6, 6.07) is 11.4. The number of benzene rings is 1. The summed E-state index contributed by atoms with van der Waals surface area (Å²) in [5.74, 6) is 1.05. The molecule has 0 radical (unpaired) electrons. The number of aromatic nitrogens is 3. The van der Waals surface area contributed by atoms with E-state index in [0.29, 0.717) is 0 Å². The maximum atomic E-state index is 13.5. The second-order valence-corrected chi connectivity index (χ2v) is 7.39. The number of hydrogen-bond donors (Lipinski definition) is 1. The van der Waals surface area contributed by atoms with E-state index in [9.17, 15) is 4.39 Å². The minimum Gasteiger partial charge on any atom is -0.347 e. The summed E-state index contributed by atoms with van der Waals surface area (Å²) in [4.78, 5) is 14.3. The van der Waals surface area contributed by atoms with Gasteiger partial charge in [-0.15, -0.1) is 0 Å². The van der Waals surface area contributed by atoms with Crippen molar-refractivity contribution < 1.29 is 4.39 Å². The molecule has 2 aromatic heterocycles. The molecule has 1 aliphatic heterocycles. The number of piperidine rings is 1. The molecule has 4 nitrogen and oxygen atoms in total. The molecule has 1 N–H and O–H groups in total. The van der Waals surface area contributed by atoms with Crippen LogP contribution in [0.2, 0.25) is 0 Å². The molecule has 134 valence electrons. The minimum absolute atomic E-state index is 0.106. The van der Waals surface area contributed by atoms with Crippen LogP contribution in [0.4, 0.5) is 4.39 Å². The first kappa shape index (κ1) is 16.9. The van der Waals surface area contributed by atoms with Crippen molar-refractivity contribution >= 4 is 0 Å². The van der Waals surface area contributed by atoms with Crippen molar-refractivity contribution in [1.82, 2.24) is 19.9 Å². The highest BCUT2D eigenvalue weighted by atomic mass is 19.1. The van der Waals surface area contributed by atoms with E-state index in [0.717, 1.165) is 24.4 Å². The van der Waals surface area contributed by atoms with Crippen LogP contribution in [0.15, 0.2) is 61.2 Å². The Balaban J connectivity index is 1.78. The second kappa shape index (κ2) is 6.65.